The molecular formula is C19H33NS. The Morgan fingerprint density at radius 1 is 1.14 bits per heavy atom. The lowest BCUT2D eigenvalue weighted by Gasteiger charge is -2.30. The number of rotatable bonds is 3. The fraction of sp³-hybridized carbons (Fsp3) is 0.789. The zero-order valence-electron chi connectivity index (χ0n) is 14.8. The van der Waals surface area contributed by atoms with Gasteiger partial charge in [0, 0.05) is 21.8 Å². The molecule has 1 heterocycles. The predicted molar refractivity (Wildman–Crippen MR) is 95.2 cm³/mol. The van der Waals surface area contributed by atoms with Crippen LogP contribution in [0, 0.1) is 25.2 Å². The van der Waals surface area contributed by atoms with Crippen molar-refractivity contribution in [3.8, 4) is 0 Å². The molecule has 1 saturated carbocycles. The lowest BCUT2D eigenvalue weighted by Crippen LogP contribution is -2.31. The van der Waals surface area contributed by atoms with Gasteiger partial charge in [-0.3, -0.25) is 0 Å². The second-order valence-electron chi connectivity index (χ2n) is 8.03. The van der Waals surface area contributed by atoms with Gasteiger partial charge < -0.3 is 5.32 Å². The van der Waals surface area contributed by atoms with Crippen LogP contribution >= 0.6 is 11.3 Å². The fourth-order valence-corrected chi connectivity index (χ4v) is 4.88. The molecule has 1 fully saturated rings. The van der Waals surface area contributed by atoms with E-state index in [0.29, 0.717) is 17.5 Å². The number of thiophene rings is 1. The Labute approximate surface area is 135 Å². The van der Waals surface area contributed by atoms with Crippen molar-refractivity contribution >= 4 is 11.3 Å². The van der Waals surface area contributed by atoms with E-state index in [2.05, 4.69) is 52.9 Å². The van der Waals surface area contributed by atoms with E-state index in [-0.39, 0.29) is 0 Å². The van der Waals surface area contributed by atoms with E-state index in [1.807, 2.05) is 11.3 Å². The van der Waals surface area contributed by atoms with Crippen LogP contribution in [0.3, 0.4) is 0 Å². The van der Waals surface area contributed by atoms with Crippen LogP contribution in [0.2, 0.25) is 0 Å². The Balaban J connectivity index is 1.93. The van der Waals surface area contributed by atoms with Gasteiger partial charge in [0.15, 0.2) is 0 Å². The zero-order chi connectivity index (χ0) is 15.6. The van der Waals surface area contributed by atoms with E-state index in [1.54, 1.807) is 0 Å². The van der Waals surface area contributed by atoms with Crippen molar-refractivity contribution in [1.82, 2.24) is 5.32 Å². The number of aryl methyl sites for hydroxylation is 2. The normalized spacial score (nSPS) is 25.6. The molecule has 1 aliphatic rings. The smallest absolute Gasteiger partial charge is 0.0305 e. The molecule has 1 aromatic heterocycles. The summed E-state index contributed by atoms with van der Waals surface area (Å²) >= 11 is 1.93. The Morgan fingerprint density at radius 2 is 1.86 bits per heavy atom. The van der Waals surface area contributed by atoms with Gasteiger partial charge in [-0.1, -0.05) is 27.2 Å². The van der Waals surface area contributed by atoms with Crippen LogP contribution < -0.4 is 5.32 Å². The van der Waals surface area contributed by atoms with Gasteiger partial charge in [-0.05, 0) is 69.4 Å². The first-order chi connectivity index (χ1) is 9.77. The first-order valence-corrected chi connectivity index (χ1v) is 9.42. The van der Waals surface area contributed by atoms with Crippen molar-refractivity contribution in [3.63, 3.8) is 0 Å². The highest BCUT2D eigenvalue weighted by Crippen LogP contribution is 2.37. The van der Waals surface area contributed by atoms with Crippen LogP contribution in [0.1, 0.15) is 81.2 Å². The summed E-state index contributed by atoms with van der Waals surface area (Å²) in [6.07, 6.45) is 6.86. The maximum Gasteiger partial charge on any atom is 0.0305 e. The van der Waals surface area contributed by atoms with Crippen LogP contribution in [-0.2, 0) is 0 Å². The quantitative estimate of drug-likeness (QED) is 0.674. The summed E-state index contributed by atoms with van der Waals surface area (Å²) in [4.78, 5) is 2.92. The lowest BCUT2D eigenvalue weighted by atomic mass is 9.76. The molecule has 1 aromatic rings. The van der Waals surface area contributed by atoms with Gasteiger partial charge in [0.25, 0.3) is 0 Å². The molecule has 1 nitrogen and oxygen atoms in total. The molecule has 3 unspecified atom stereocenters. The predicted octanol–water partition coefficient (Wildman–Crippen LogP) is 6.01. The average molecular weight is 308 g/mol. The molecule has 3 atom stereocenters. The first kappa shape index (κ1) is 17.0. The van der Waals surface area contributed by atoms with Crippen molar-refractivity contribution in [2.75, 3.05) is 0 Å². The molecule has 1 N–H and O–H groups in total. The lowest BCUT2D eigenvalue weighted by molar-refractivity contribution is 0.213. The first-order valence-electron chi connectivity index (χ1n) is 8.60. The highest BCUT2D eigenvalue weighted by atomic mass is 32.1. The molecule has 120 valence electrons. The topological polar surface area (TPSA) is 12.0 Å². The fourth-order valence-electron chi connectivity index (χ4n) is 3.86. The maximum absolute atomic E-state index is 3.91. The molecule has 0 bridgehead atoms. The molecular weight excluding hydrogens is 274 g/mol. The summed E-state index contributed by atoms with van der Waals surface area (Å²) in [5.74, 6) is 0.893. The monoisotopic (exact) mass is 307 g/mol. The Kier molecular flexibility index (Phi) is 5.54. The van der Waals surface area contributed by atoms with E-state index in [0.717, 1.165) is 5.92 Å². The summed E-state index contributed by atoms with van der Waals surface area (Å²) in [7, 11) is 0. The van der Waals surface area contributed by atoms with Crippen LogP contribution in [0.15, 0.2) is 6.07 Å². The third kappa shape index (κ3) is 4.56. The zero-order valence-corrected chi connectivity index (χ0v) is 15.6. The molecule has 0 spiro atoms. The van der Waals surface area contributed by atoms with Gasteiger partial charge in [-0.25, -0.2) is 0 Å². The summed E-state index contributed by atoms with van der Waals surface area (Å²) in [5.41, 5.74) is 1.98. The van der Waals surface area contributed by atoms with E-state index in [9.17, 15) is 0 Å². The van der Waals surface area contributed by atoms with Crippen LogP contribution in [0.5, 0.6) is 0 Å². The highest BCUT2D eigenvalue weighted by Gasteiger charge is 2.28. The number of hydrogen-bond acceptors (Lipinski definition) is 2. The minimum Gasteiger partial charge on any atom is -0.307 e. The third-order valence-electron chi connectivity index (χ3n) is 5.23. The summed E-state index contributed by atoms with van der Waals surface area (Å²) in [6.45, 7) is 14.0. The van der Waals surface area contributed by atoms with Gasteiger partial charge >= 0.3 is 0 Å². The van der Waals surface area contributed by atoms with Gasteiger partial charge in [-0.15, -0.1) is 11.3 Å². The Hall–Kier alpha value is -0.340. The van der Waals surface area contributed by atoms with Crippen molar-refractivity contribution in [2.24, 2.45) is 11.3 Å². The van der Waals surface area contributed by atoms with Crippen molar-refractivity contribution in [1.29, 1.82) is 0 Å². The minimum absolute atomic E-state index is 0.474. The molecule has 0 radical (unpaired) electrons. The molecule has 21 heavy (non-hydrogen) atoms. The molecule has 2 rings (SSSR count). The molecule has 0 amide bonds. The van der Waals surface area contributed by atoms with Crippen molar-refractivity contribution in [2.45, 2.75) is 85.7 Å². The maximum atomic E-state index is 3.91. The second-order valence-corrected chi connectivity index (χ2v) is 9.49. The molecule has 0 saturated heterocycles. The van der Waals surface area contributed by atoms with Gasteiger partial charge in [0.2, 0.25) is 0 Å². The van der Waals surface area contributed by atoms with Crippen LogP contribution in [0.4, 0.5) is 0 Å². The summed E-state index contributed by atoms with van der Waals surface area (Å²) in [5, 5.41) is 3.91. The van der Waals surface area contributed by atoms with E-state index >= 15 is 0 Å². The van der Waals surface area contributed by atoms with Crippen LogP contribution in [-0.4, -0.2) is 6.04 Å². The van der Waals surface area contributed by atoms with Gasteiger partial charge in [0.1, 0.15) is 0 Å². The highest BCUT2D eigenvalue weighted by molar-refractivity contribution is 7.12. The number of hydrogen-bond donors (Lipinski definition) is 1. The largest absolute Gasteiger partial charge is 0.307 e. The average Bonchev–Trinajstić information content (AvgIpc) is 2.59. The Morgan fingerprint density at radius 3 is 2.43 bits per heavy atom. The summed E-state index contributed by atoms with van der Waals surface area (Å²) < 4.78 is 0. The molecule has 0 aliphatic heterocycles. The SMILES string of the molecule is Cc1cc(C(C)NC2CCCC(C(C)(C)C)CC2)c(C)s1. The van der Waals surface area contributed by atoms with E-state index in [4.69, 9.17) is 0 Å². The van der Waals surface area contributed by atoms with Gasteiger partial charge in [-0.2, -0.15) is 0 Å². The van der Waals surface area contributed by atoms with E-state index < -0.39 is 0 Å². The molecule has 0 aromatic carbocycles. The molecule has 2 heteroatoms. The third-order valence-corrected chi connectivity index (χ3v) is 6.21. The van der Waals surface area contributed by atoms with Crippen molar-refractivity contribution in [3.05, 3.63) is 21.4 Å². The molecule has 1 aliphatic carbocycles. The van der Waals surface area contributed by atoms with E-state index in [1.165, 1.54) is 47.4 Å². The summed E-state index contributed by atoms with van der Waals surface area (Å²) in [6, 6.07) is 3.56. The van der Waals surface area contributed by atoms with Crippen LogP contribution in [0.25, 0.3) is 0 Å². The van der Waals surface area contributed by atoms with Gasteiger partial charge in [0.05, 0.1) is 0 Å². The number of nitrogens with one attached hydrogen (secondary N) is 1. The Bertz CT molecular complexity index is 455. The second kappa shape index (κ2) is 6.83. The van der Waals surface area contributed by atoms with Crippen molar-refractivity contribution < 1.29 is 0 Å². The minimum atomic E-state index is 0.474. The standard InChI is InChI=1S/C19H33NS/c1-13-12-18(15(3)21-13)14(2)20-17-9-7-8-16(10-11-17)19(4,5)6/h12,14,16-17,20H,7-11H2,1-6H3.